The monoisotopic (exact) mass is 239 g/mol. The minimum atomic E-state index is -0.354. The Kier molecular flexibility index (Phi) is 8.19. The van der Waals surface area contributed by atoms with E-state index in [1.54, 1.807) is 20.3 Å². The lowest BCUT2D eigenvalue weighted by Gasteiger charge is -2.12. The topological polar surface area (TPSA) is 47.9 Å². The van der Waals surface area contributed by atoms with Crippen molar-refractivity contribution >= 4 is 12.5 Å². The Morgan fingerprint density at radius 1 is 1.41 bits per heavy atom. The van der Waals surface area contributed by atoms with Gasteiger partial charge in [0.25, 0.3) is 0 Å². The maximum absolute atomic E-state index is 11.8. The third-order valence-corrected chi connectivity index (χ3v) is 2.41. The van der Waals surface area contributed by atoms with E-state index in [9.17, 15) is 4.79 Å². The zero-order chi connectivity index (χ0) is 13.3. The highest BCUT2D eigenvalue weighted by molar-refractivity contribution is 5.96. The van der Waals surface area contributed by atoms with Crippen LogP contribution in [0.15, 0.2) is 28.4 Å². The highest BCUT2D eigenvalue weighted by Gasteiger charge is 2.12. The maximum Gasteiger partial charge on any atom is 0.181 e. The summed E-state index contributed by atoms with van der Waals surface area (Å²) in [4.78, 5) is 15.6. The molecule has 0 aromatic rings. The first kappa shape index (κ1) is 15.7. The lowest BCUT2D eigenvalue weighted by Crippen LogP contribution is -2.15. The lowest BCUT2D eigenvalue weighted by atomic mass is 10.1. The Labute approximate surface area is 103 Å². The van der Waals surface area contributed by atoms with Gasteiger partial charge in [0.1, 0.15) is 5.70 Å². The third-order valence-electron chi connectivity index (χ3n) is 2.41. The second-order valence-electron chi connectivity index (χ2n) is 3.58. The zero-order valence-corrected chi connectivity index (χ0v) is 11.0. The minimum Gasteiger partial charge on any atom is -0.356 e. The Balaban J connectivity index is 4.47. The first-order chi connectivity index (χ1) is 8.08. The summed E-state index contributed by atoms with van der Waals surface area (Å²) < 4.78 is 10.0. The molecule has 0 aliphatic heterocycles. The normalized spacial score (nSPS) is 13.0. The Morgan fingerprint density at radius 2 is 2.00 bits per heavy atom. The summed E-state index contributed by atoms with van der Waals surface area (Å²) in [5.74, 6) is -0.0553. The van der Waals surface area contributed by atoms with E-state index in [4.69, 9.17) is 9.47 Å². The van der Waals surface area contributed by atoms with Crippen molar-refractivity contribution in [3.8, 4) is 0 Å². The van der Waals surface area contributed by atoms with E-state index >= 15 is 0 Å². The number of carbonyl (C=O) groups is 1. The summed E-state index contributed by atoms with van der Waals surface area (Å²) in [6.45, 7) is 7.22. The molecule has 0 fully saturated rings. The number of allylic oxidation sites excluding steroid dienone is 4. The van der Waals surface area contributed by atoms with E-state index < -0.39 is 0 Å². The van der Waals surface area contributed by atoms with Crippen LogP contribution in [0.5, 0.6) is 0 Å². The summed E-state index contributed by atoms with van der Waals surface area (Å²) in [5, 5.41) is 0. The molecule has 0 aliphatic carbocycles. The minimum absolute atomic E-state index is 0.0553. The fourth-order valence-electron chi connectivity index (χ4n) is 1.22. The van der Waals surface area contributed by atoms with Crippen LogP contribution in [0.3, 0.4) is 0 Å². The second kappa shape index (κ2) is 8.84. The van der Waals surface area contributed by atoms with Gasteiger partial charge in [-0.25, -0.2) is 0 Å². The summed E-state index contributed by atoms with van der Waals surface area (Å²) in [6, 6.07) is 0. The molecule has 0 saturated carbocycles. The fourth-order valence-corrected chi connectivity index (χ4v) is 1.22. The number of rotatable bonds is 8. The van der Waals surface area contributed by atoms with E-state index in [-0.39, 0.29) is 12.1 Å². The van der Waals surface area contributed by atoms with Crippen LogP contribution in [0.25, 0.3) is 0 Å². The number of ketones is 1. The Bertz CT molecular complexity index is 315. The Hall–Kier alpha value is -1.26. The molecule has 0 aromatic carbocycles. The van der Waals surface area contributed by atoms with Gasteiger partial charge in [-0.1, -0.05) is 11.6 Å². The van der Waals surface area contributed by atoms with Gasteiger partial charge in [-0.15, -0.1) is 0 Å². The quantitative estimate of drug-likeness (QED) is 0.283. The van der Waals surface area contributed by atoms with E-state index in [0.29, 0.717) is 18.5 Å². The van der Waals surface area contributed by atoms with Gasteiger partial charge in [0, 0.05) is 27.1 Å². The van der Waals surface area contributed by atoms with E-state index in [2.05, 4.69) is 11.7 Å². The molecule has 0 saturated heterocycles. The van der Waals surface area contributed by atoms with Gasteiger partial charge < -0.3 is 9.47 Å². The second-order valence-corrected chi connectivity index (χ2v) is 3.58. The van der Waals surface area contributed by atoms with Gasteiger partial charge >= 0.3 is 0 Å². The number of hydrogen-bond donors (Lipinski definition) is 0. The summed E-state index contributed by atoms with van der Waals surface area (Å²) in [7, 11) is 3.09. The molecular weight excluding hydrogens is 218 g/mol. The number of ether oxygens (including phenoxy) is 2. The van der Waals surface area contributed by atoms with Crippen LogP contribution in [0.4, 0.5) is 0 Å². The van der Waals surface area contributed by atoms with Gasteiger partial charge in [-0.05, 0) is 26.6 Å². The average molecular weight is 239 g/mol. The molecule has 0 bridgehead atoms. The molecule has 4 nitrogen and oxygen atoms in total. The molecule has 0 unspecified atom stereocenters. The van der Waals surface area contributed by atoms with Crippen LogP contribution in [-0.4, -0.2) is 33.0 Å². The van der Waals surface area contributed by atoms with Crippen molar-refractivity contribution in [2.24, 2.45) is 4.99 Å². The number of aliphatic imine (C=N–C) groups is 1. The van der Waals surface area contributed by atoms with Crippen molar-refractivity contribution < 1.29 is 14.3 Å². The van der Waals surface area contributed by atoms with E-state index in [1.165, 1.54) is 0 Å². The largest absolute Gasteiger partial charge is 0.356 e. The highest BCUT2D eigenvalue weighted by atomic mass is 16.7. The number of nitrogens with zero attached hydrogens (tertiary/aromatic N) is 1. The third kappa shape index (κ3) is 6.14. The fraction of sp³-hybridized carbons (Fsp3) is 0.538. The van der Waals surface area contributed by atoms with Gasteiger partial charge in [-0.2, -0.15) is 0 Å². The van der Waals surface area contributed by atoms with Crippen molar-refractivity contribution in [3.05, 3.63) is 23.4 Å². The van der Waals surface area contributed by atoms with Gasteiger partial charge in [0.05, 0.1) is 0 Å². The maximum atomic E-state index is 11.8. The number of carbonyl (C=O) groups excluding carboxylic acids is 1. The van der Waals surface area contributed by atoms with Gasteiger partial charge in [-0.3, -0.25) is 9.79 Å². The van der Waals surface area contributed by atoms with Gasteiger partial charge in [0.2, 0.25) is 0 Å². The molecule has 0 aromatic heterocycles. The Morgan fingerprint density at radius 3 is 2.41 bits per heavy atom. The van der Waals surface area contributed by atoms with Crippen molar-refractivity contribution in [2.45, 2.75) is 33.0 Å². The standard InChI is InChI=1S/C13H21NO3/c1-6-10(2)9-11(14-3)12(15)7-8-13(16-4)17-5/h6,9,13H,3,7-8H2,1-2,4-5H3/b10-6-,11-9-. The van der Waals surface area contributed by atoms with E-state index in [0.717, 1.165) is 5.57 Å². The molecule has 0 radical (unpaired) electrons. The zero-order valence-electron chi connectivity index (χ0n) is 11.0. The summed E-state index contributed by atoms with van der Waals surface area (Å²) in [5.41, 5.74) is 1.36. The molecule has 0 aliphatic rings. The van der Waals surface area contributed by atoms with Crippen molar-refractivity contribution in [2.75, 3.05) is 14.2 Å². The van der Waals surface area contributed by atoms with Crippen LogP contribution in [0.1, 0.15) is 26.7 Å². The lowest BCUT2D eigenvalue weighted by molar-refractivity contribution is -0.124. The van der Waals surface area contributed by atoms with Crippen molar-refractivity contribution in [1.29, 1.82) is 0 Å². The number of methoxy groups -OCH3 is 2. The predicted octanol–water partition coefficient (Wildman–Crippen LogP) is 2.51. The smallest absolute Gasteiger partial charge is 0.181 e. The molecule has 4 heteroatoms. The van der Waals surface area contributed by atoms with Crippen LogP contribution < -0.4 is 0 Å². The molecule has 0 heterocycles. The molecule has 0 rings (SSSR count). The van der Waals surface area contributed by atoms with Crippen molar-refractivity contribution in [3.63, 3.8) is 0 Å². The molecule has 17 heavy (non-hydrogen) atoms. The number of Topliss-reactive ketones (excluding diaryl/α,β-unsaturated/α-hetero) is 1. The molecular formula is C13H21NO3. The first-order valence-electron chi connectivity index (χ1n) is 5.49. The van der Waals surface area contributed by atoms with Crippen LogP contribution in [0.2, 0.25) is 0 Å². The summed E-state index contributed by atoms with van der Waals surface area (Å²) >= 11 is 0. The van der Waals surface area contributed by atoms with Crippen molar-refractivity contribution in [1.82, 2.24) is 0 Å². The molecule has 96 valence electrons. The first-order valence-corrected chi connectivity index (χ1v) is 5.49. The van der Waals surface area contributed by atoms with Gasteiger partial charge in [0.15, 0.2) is 12.1 Å². The molecule has 0 atom stereocenters. The summed E-state index contributed by atoms with van der Waals surface area (Å²) in [6.07, 6.45) is 4.12. The van der Waals surface area contributed by atoms with Crippen LogP contribution >= 0.6 is 0 Å². The SMILES string of the molecule is C=N/C(=C\C(C)=C/C)C(=O)CCC(OC)OC. The molecule has 0 spiro atoms. The van der Waals surface area contributed by atoms with E-state index in [1.807, 2.05) is 19.9 Å². The average Bonchev–Trinajstić information content (AvgIpc) is 2.36. The predicted molar refractivity (Wildman–Crippen MR) is 69.1 cm³/mol. The number of hydrogen-bond acceptors (Lipinski definition) is 4. The molecule has 0 amide bonds. The van der Waals surface area contributed by atoms with Crippen LogP contribution in [0, 0.1) is 0 Å². The van der Waals surface area contributed by atoms with Crippen LogP contribution in [-0.2, 0) is 14.3 Å². The molecule has 0 N–H and O–H groups in total. The highest BCUT2D eigenvalue weighted by Crippen LogP contribution is 2.10.